The van der Waals surface area contributed by atoms with E-state index in [-0.39, 0.29) is 24.3 Å². The molecule has 0 spiro atoms. The molecule has 0 aliphatic carbocycles. The van der Waals surface area contributed by atoms with E-state index in [4.69, 9.17) is 9.84 Å². The molecular formula is C16H21NO5. The van der Waals surface area contributed by atoms with Crippen molar-refractivity contribution in [3.8, 4) is 0 Å². The molecule has 0 bridgehead atoms. The van der Waals surface area contributed by atoms with Crippen LogP contribution in [0, 0.1) is 0 Å². The van der Waals surface area contributed by atoms with Gasteiger partial charge in [0.15, 0.2) is 5.78 Å². The average molecular weight is 307 g/mol. The van der Waals surface area contributed by atoms with Gasteiger partial charge in [-0.25, -0.2) is 9.59 Å². The lowest BCUT2D eigenvalue weighted by atomic mass is 10.1. The number of carbonyl (C=O) groups excluding carboxylic acids is 2. The van der Waals surface area contributed by atoms with Crippen molar-refractivity contribution >= 4 is 17.8 Å². The maximum Gasteiger partial charge on any atom is 0.410 e. The zero-order valence-electron chi connectivity index (χ0n) is 13.3. The number of carboxylic acid groups (broad SMARTS) is 1. The molecule has 0 atom stereocenters. The fraction of sp³-hybridized carbons (Fsp3) is 0.438. The summed E-state index contributed by atoms with van der Waals surface area (Å²) in [6, 6.07) is 5.71. The summed E-state index contributed by atoms with van der Waals surface area (Å²) < 4.78 is 5.19. The minimum absolute atomic E-state index is 0.127. The van der Waals surface area contributed by atoms with E-state index >= 15 is 0 Å². The lowest BCUT2D eigenvalue weighted by Crippen LogP contribution is -2.35. The van der Waals surface area contributed by atoms with Crippen LogP contribution in [0.4, 0.5) is 4.79 Å². The Balaban J connectivity index is 2.55. The molecule has 0 heterocycles. The number of benzene rings is 1. The van der Waals surface area contributed by atoms with E-state index in [0.29, 0.717) is 5.56 Å². The summed E-state index contributed by atoms with van der Waals surface area (Å²) in [5, 5.41) is 8.80. The average Bonchev–Trinajstić information content (AvgIpc) is 2.42. The second-order valence-corrected chi connectivity index (χ2v) is 5.96. The maximum absolute atomic E-state index is 12.0. The molecule has 0 saturated heterocycles. The van der Waals surface area contributed by atoms with Gasteiger partial charge in [-0.05, 0) is 32.9 Å². The van der Waals surface area contributed by atoms with Gasteiger partial charge in [0.05, 0.1) is 5.56 Å². The van der Waals surface area contributed by atoms with Crippen LogP contribution in [0.2, 0.25) is 0 Å². The minimum atomic E-state index is -1.04. The number of ether oxygens (including phenoxy) is 1. The smallest absolute Gasteiger partial charge is 0.410 e. The number of rotatable bonds is 5. The van der Waals surface area contributed by atoms with Crippen molar-refractivity contribution in [2.45, 2.75) is 32.8 Å². The maximum atomic E-state index is 12.0. The van der Waals surface area contributed by atoms with Crippen LogP contribution in [0.25, 0.3) is 0 Å². The van der Waals surface area contributed by atoms with E-state index in [1.54, 1.807) is 27.8 Å². The highest BCUT2D eigenvalue weighted by Crippen LogP contribution is 2.11. The Morgan fingerprint density at radius 2 is 1.59 bits per heavy atom. The Kier molecular flexibility index (Phi) is 5.68. The molecule has 1 rings (SSSR count). The molecule has 6 heteroatoms. The molecule has 120 valence electrons. The Bertz CT molecular complexity index is 557. The SMILES string of the molecule is CN(CCC(=O)c1ccc(C(=O)O)cc1)C(=O)OC(C)(C)C. The summed E-state index contributed by atoms with van der Waals surface area (Å²) in [5.74, 6) is -1.20. The molecule has 0 aliphatic heterocycles. The van der Waals surface area contributed by atoms with Gasteiger partial charge < -0.3 is 14.7 Å². The molecule has 0 radical (unpaired) electrons. The van der Waals surface area contributed by atoms with E-state index in [2.05, 4.69) is 0 Å². The second-order valence-electron chi connectivity index (χ2n) is 5.96. The largest absolute Gasteiger partial charge is 0.478 e. The van der Waals surface area contributed by atoms with Crippen molar-refractivity contribution in [1.29, 1.82) is 0 Å². The fourth-order valence-electron chi connectivity index (χ4n) is 1.64. The predicted octanol–water partition coefficient (Wildman–Crippen LogP) is 2.82. The first kappa shape index (κ1) is 17.7. The molecule has 0 fully saturated rings. The third-order valence-electron chi connectivity index (χ3n) is 2.83. The van der Waals surface area contributed by atoms with Gasteiger partial charge in [0.2, 0.25) is 0 Å². The quantitative estimate of drug-likeness (QED) is 0.846. The van der Waals surface area contributed by atoms with E-state index in [0.717, 1.165) is 0 Å². The van der Waals surface area contributed by atoms with E-state index in [1.165, 1.54) is 29.2 Å². The highest BCUT2D eigenvalue weighted by atomic mass is 16.6. The zero-order chi connectivity index (χ0) is 16.9. The number of carbonyl (C=O) groups is 3. The summed E-state index contributed by atoms with van der Waals surface area (Å²) >= 11 is 0. The summed E-state index contributed by atoms with van der Waals surface area (Å²) in [5.41, 5.74) is -0.0350. The molecule has 6 nitrogen and oxygen atoms in total. The van der Waals surface area contributed by atoms with E-state index < -0.39 is 17.7 Å². The molecule has 0 aromatic heterocycles. The molecular weight excluding hydrogens is 286 g/mol. The van der Waals surface area contributed by atoms with Crippen molar-refractivity contribution in [3.63, 3.8) is 0 Å². The van der Waals surface area contributed by atoms with Gasteiger partial charge in [0, 0.05) is 25.6 Å². The lowest BCUT2D eigenvalue weighted by molar-refractivity contribution is 0.0298. The van der Waals surface area contributed by atoms with Crippen LogP contribution >= 0.6 is 0 Å². The molecule has 1 N–H and O–H groups in total. The van der Waals surface area contributed by atoms with Crippen molar-refractivity contribution < 1.29 is 24.2 Å². The number of hydrogen-bond donors (Lipinski definition) is 1. The van der Waals surface area contributed by atoms with Crippen LogP contribution < -0.4 is 0 Å². The molecule has 1 aromatic carbocycles. The molecule has 22 heavy (non-hydrogen) atoms. The Morgan fingerprint density at radius 3 is 2.05 bits per heavy atom. The van der Waals surface area contributed by atoms with Crippen LogP contribution in [0.5, 0.6) is 0 Å². The summed E-state index contributed by atoms with van der Waals surface area (Å²) in [7, 11) is 1.56. The topological polar surface area (TPSA) is 83.9 Å². The summed E-state index contributed by atoms with van der Waals surface area (Å²) in [6.07, 6.45) is -0.344. The highest BCUT2D eigenvalue weighted by molar-refractivity contribution is 5.97. The van der Waals surface area contributed by atoms with E-state index in [1.807, 2.05) is 0 Å². The number of Topliss-reactive ketones (excluding diaryl/α,β-unsaturated/α-hetero) is 1. The number of ketones is 1. The normalized spacial score (nSPS) is 10.9. The third kappa shape index (κ3) is 5.55. The van der Waals surface area contributed by atoms with Crippen molar-refractivity contribution in [2.24, 2.45) is 0 Å². The lowest BCUT2D eigenvalue weighted by Gasteiger charge is -2.24. The molecule has 1 amide bonds. The standard InChI is InChI=1S/C16H21NO5/c1-16(2,3)22-15(21)17(4)10-9-13(18)11-5-7-12(8-6-11)14(19)20/h5-8H,9-10H2,1-4H3,(H,19,20). The number of hydrogen-bond acceptors (Lipinski definition) is 4. The van der Waals surface area contributed by atoms with Crippen LogP contribution in [0.15, 0.2) is 24.3 Å². The van der Waals surface area contributed by atoms with E-state index in [9.17, 15) is 14.4 Å². The first-order valence-electron chi connectivity index (χ1n) is 6.91. The number of amides is 1. The van der Waals surface area contributed by atoms with Crippen LogP contribution in [0.1, 0.15) is 47.9 Å². The third-order valence-corrected chi connectivity index (χ3v) is 2.83. The fourth-order valence-corrected chi connectivity index (χ4v) is 1.64. The summed E-state index contributed by atoms with van der Waals surface area (Å²) in [6.45, 7) is 5.55. The van der Waals surface area contributed by atoms with Crippen LogP contribution in [-0.4, -0.2) is 47.0 Å². The molecule has 0 unspecified atom stereocenters. The number of aromatic carboxylic acids is 1. The minimum Gasteiger partial charge on any atom is -0.478 e. The van der Waals surface area contributed by atoms with Crippen molar-refractivity contribution in [3.05, 3.63) is 35.4 Å². The van der Waals surface area contributed by atoms with Crippen LogP contribution in [-0.2, 0) is 4.74 Å². The van der Waals surface area contributed by atoms with Gasteiger partial charge in [-0.3, -0.25) is 4.79 Å². The summed E-state index contributed by atoms with van der Waals surface area (Å²) in [4.78, 5) is 35.9. The van der Waals surface area contributed by atoms with Gasteiger partial charge in [-0.1, -0.05) is 12.1 Å². The predicted molar refractivity (Wildman–Crippen MR) is 81.2 cm³/mol. The van der Waals surface area contributed by atoms with Crippen molar-refractivity contribution in [1.82, 2.24) is 4.90 Å². The van der Waals surface area contributed by atoms with Gasteiger partial charge in [0.25, 0.3) is 0 Å². The zero-order valence-corrected chi connectivity index (χ0v) is 13.3. The van der Waals surface area contributed by atoms with Crippen molar-refractivity contribution in [2.75, 3.05) is 13.6 Å². The first-order chi connectivity index (χ1) is 10.1. The van der Waals surface area contributed by atoms with Gasteiger partial charge in [-0.2, -0.15) is 0 Å². The highest BCUT2D eigenvalue weighted by Gasteiger charge is 2.20. The Hall–Kier alpha value is -2.37. The number of nitrogens with zero attached hydrogens (tertiary/aromatic N) is 1. The van der Waals surface area contributed by atoms with Gasteiger partial charge in [0.1, 0.15) is 5.60 Å². The van der Waals surface area contributed by atoms with Gasteiger partial charge >= 0.3 is 12.1 Å². The number of carboxylic acids is 1. The molecule has 0 saturated carbocycles. The molecule has 1 aromatic rings. The first-order valence-corrected chi connectivity index (χ1v) is 6.91. The monoisotopic (exact) mass is 307 g/mol. The Morgan fingerprint density at radius 1 is 1.09 bits per heavy atom. The molecule has 0 aliphatic rings. The Labute approximate surface area is 129 Å². The second kappa shape index (κ2) is 7.06. The van der Waals surface area contributed by atoms with Crippen LogP contribution in [0.3, 0.4) is 0 Å². The van der Waals surface area contributed by atoms with Gasteiger partial charge in [-0.15, -0.1) is 0 Å².